The molecule has 1 aliphatic rings. The molecule has 0 atom stereocenters. The number of carbonyl (C=O) groups is 1. The number of benzene rings is 1. The Hall–Kier alpha value is -4.12. The van der Waals surface area contributed by atoms with Crippen LogP contribution in [0.25, 0.3) is 16.5 Å². The summed E-state index contributed by atoms with van der Waals surface area (Å²) in [5, 5.41) is 20.3. The third kappa shape index (κ3) is 3.58. The first-order valence-electron chi connectivity index (χ1n) is 9.82. The summed E-state index contributed by atoms with van der Waals surface area (Å²) in [7, 11) is 0. The van der Waals surface area contributed by atoms with Crippen molar-refractivity contribution < 1.29 is 9.72 Å². The number of hydrogen-bond donors (Lipinski definition) is 2. The summed E-state index contributed by atoms with van der Waals surface area (Å²) in [5.41, 5.74) is 1.73. The zero-order valence-electron chi connectivity index (χ0n) is 16.6. The van der Waals surface area contributed by atoms with Crippen molar-refractivity contribution in [2.45, 2.75) is 19.3 Å². The number of H-pyrrole nitrogens is 1. The second-order valence-corrected chi connectivity index (χ2v) is 8.18. The Balaban J connectivity index is 1.57. The summed E-state index contributed by atoms with van der Waals surface area (Å²) in [5.74, 6) is -0.0603. The Morgan fingerprint density at radius 1 is 1.22 bits per heavy atom. The van der Waals surface area contributed by atoms with Crippen molar-refractivity contribution in [3.63, 3.8) is 0 Å². The summed E-state index contributed by atoms with van der Waals surface area (Å²) in [4.78, 5) is 44.1. The van der Waals surface area contributed by atoms with E-state index in [0.717, 1.165) is 17.0 Å². The van der Waals surface area contributed by atoms with Gasteiger partial charge in [0.05, 0.1) is 15.5 Å². The maximum Gasteiger partial charge on any atom is 0.270 e. The van der Waals surface area contributed by atoms with Crippen LogP contribution in [-0.2, 0) is 12.8 Å². The number of amides is 1. The SMILES string of the molecule is O=C(Nc1cc(-c2cccs2)nn1-c1nc2c(c(=O)[nH]1)CCC2)c1cccc([N+](=O)[O-])c1. The Bertz CT molecular complexity index is 1410. The summed E-state index contributed by atoms with van der Waals surface area (Å²) in [6.07, 6.45) is 2.26. The minimum atomic E-state index is -0.560. The maximum atomic E-state index is 12.9. The highest BCUT2D eigenvalue weighted by Gasteiger charge is 2.21. The highest BCUT2D eigenvalue weighted by atomic mass is 32.1. The Kier molecular flexibility index (Phi) is 4.86. The van der Waals surface area contributed by atoms with Gasteiger partial charge in [0.25, 0.3) is 17.2 Å². The van der Waals surface area contributed by atoms with Crippen LogP contribution in [0.3, 0.4) is 0 Å². The molecule has 0 unspecified atom stereocenters. The van der Waals surface area contributed by atoms with Crippen LogP contribution in [0.4, 0.5) is 11.5 Å². The quantitative estimate of drug-likeness (QED) is 0.355. The molecule has 0 radical (unpaired) electrons. The normalized spacial score (nSPS) is 12.5. The number of rotatable bonds is 5. The molecule has 0 fully saturated rings. The van der Waals surface area contributed by atoms with Crippen molar-refractivity contribution in [2.75, 3.05) is 5.32 Å². The van der Waals surface area contributed by atoms with Crippen molar-refractivity contribution in [3.8, 4) is 16.5 Å². The second kappa shape index (κ2) is 7.85. The molecular weight excluding hydrogens is 432 g/mol. The van der Waals surface area contributed by atoms with Gasteiger partial charge in [-0.1, -0.05) is 12.1 Å². The summed E-state index contributed by atoms with van der Waals surface area (Å²) in [6.45, 7) is 0. The molecule has 160 valence electrons. The predicted octanol–water partition coefficient (Wildman–Crippen LogP) is 3.33. The lowest BCUT2D eigenvalue weighted by Gasteiger charge is -2.09. The van der Waals surface area contributed by atoms with Gasteiger partial charge in [-0.3, -0.25) is 24.7 Å². The first-order chi connectivity index (χ1) is 15.5. The Labute approximate surface area is 184 Å². The van der Waals surface area contributed by atoms with Gasteiger partial charge in [-0.25, -0.2) is 4.98 Å². The van der Waals surface area contributed by atoms with Gasteiger partial charge in [-0.15, -0.1) is 11.3 Å². The molecule has 0 saturated carbocycles. The number of fused-ring (bicyclic) bond motifs is 1. The number of nitrogens with zero attached hydrogens (tertiary/aromatic N) is 4. The van der Waals surface area contributed by atoms with E-state index in [2.05, 4.69) is 20.4 Å². The van der Waals surface area contributed by atoms with Crippen LogP contribution in [0.15, 0.2) is 52.6 Å². The molecule has 3 heterocycles. The summed E-state index contributed by atoms with van der Waals surface area (Å²) >= 11 is 1.48. The van der Waals surface area contributed by atoms with Gasteiger partial charge in [0.1, 0.15) is 11.5 Å². The number of thiophene rings is 1. The minimum Gasteiger partial charge on any atom is -0.306 e. The summed E-state index contributed by atoms with van der Waals surface area (Å²) < 4.78 is 1.38. The minimum absolute atomic E-state index is 0.125. The Morgan fingerprint density at radius 2 is 2.09 bits per heavy atom. The number of anilines is 1. The van der Waals surface area contributed by atoms with Gasteiger partial charge < -0.3 is 5.32 Å². The number of aryl methyl sites for hydroxylation is 1. The van der Waals surface area contributed by atoms with E-state index in [0.29, 0.717) is 24.1 Å². The lowest BCUT2D eigenvalue weighted by molar-refractivity contribution is -0.384. The standard InChI is InChI=1S/C21H16N6O4S/c28-19(12-4-1-5-13(10-12)27(30)31)23-18-11-16(17-8-3-9-32-17)25-26(18)21-22-15-7-2-6-14(15)20(29)24-21/h1,3-5,8-11H,2,6-7H2,(H,23,28)(H,22,24,29). The molecule has 1 amide bonds. The maximum absolute atomic E-state index is 12.9. The van der Waals surface area contributed by atoms with Gasteiger partial charge in [0.2, 0.25) is 5.95 Å². The lowest BCUT2D eigenvalue weighted by Crippen LogP contribution is -2.21. The lowest BCUT2D eigenvalue weighted by atomic mass is 10.2. The van der Waals surface area contributed by atoms with E-state index in [-0.39, 0.29) is 28.6 Å². The van der Waals surface area contributed by atoms with E-state index in [1.807, 2.05) is 17.5 Å². The van der Waals surface area contributed by atoms with Gasteiger partial charge in [0.15, 0.2) is 0 Å². The number of non-ortho nitro benzene ring substituents is 1. The fourth-order valence-corrected chi connectivity index (χ4v) is 4.34. The van der Waals surface area contributed by atoms with Crippen LogP contribution in [0.5, 0.6) is 0 Å². The van der Waals surface area contributed by atoms with Crippen LogP contribution < -0.4 is 10.9 Å². The molecule has 0 bridgehead atoms. The fraction of sp³-hybridized carbons (Fsp3) is 0.143. The molecule has 3 aromatic heterocycles. The molecular formula is C21H16N6O4S. The van der Waals surface area contributed by atoms with Crippen molar-refractivity contribution in [1.82, 2.24) is 19.7 Å². The molecule has 2 N–H and O–H groups in total. The number of nitro benzene ring substituents is 1. The number of carbonyl (C=O) groups excluding carboxylic acids is 1. The van der Waals surface area contributed by atoms with Gasteiger partial charge in [-0.2, -0.15) is 9.78 Å². The number of aromatic nitrogens is 4. The van der Waals surface area contributed by atoms with Crippen LogP contribution in [0.1, 0.15) is 28.0 Å². The number of nitro groups is 1. The fourth-order valence-electron chi connectivity index (χ4n) is 3.65. The molecule has 32 heavy (non-hydrogen) atoms. The third-order valence-corrected chi connectivity index (χ3v) is 6.07. The molecule has 4 aromatic rings. The van der Waals surface area contributed by atoms with Crippen molar-refractivity contribution in [2.24, 2.45) is 0 Å². The van der Waals surface area contributed by atoms with E-state index in [9.17, 15) is 19.7 Å². The largest absolute Gasteiger partial charge is 0.306 e. The zero-order chi connectivity index (χ0) is 22.2. The average molecular weight is 448 g/mol. The van der Waals surface area contributed by atoms with E-state index in [1.54, 1.807) is 6.07 Å². The predicted molar refractivity (Wildman–Crippen MR) is 118 cm³/mol. The van der Waals surface area contributed by atoms with Crippen molar-refractivity contribution in [3.05, 3.63) is 85.1 Å². The van der Waals surface area contributed by atoms with Crippen LogP contribution >= 0.6 is 11.3 Å². The number of hydrogen-bond acceptors (Lipinski definition) is 7. The smallest absolute Gasteiger partial charge is 0.270 e. The van der Waals surface area contributed by atoms with Crippen LogP contribution in [-0.4, -0.2) is 30.6 Å². The van der Waals surface area contributed by atoms with E-state index >= 15 is 0 Å². The van der Waals surface area contributed by atoms with Crippen molar-refractivity contribution >= 4 is 28.7 Å². The van der Waals surface area contributed by atoms with E-state index in [4.69, 9.17) is 0 Å². The highest BCUT2D eigenvalue weighted by molar-refractivity contribution is 7.13. The monoisotopic (exact) mass is 448 g/mol. The van der Waals surface area contributed by atoms with E-state index in [1.165, 1.54) is 40.3 Å². The zero-order valence-corrected chi connectivity index (χ0v) is 17.4. The van der Waals surface area contributed by atoms with Crippen LogP contribution in [0.2, 0.25) is 0 Å². The molecule has 0 saturated heterocycles. The first-order valence-corrected chi connectivity index (χ1v) is 10.7. The molecule has 1 aliphatic carbocycles. The Morgan fingerprint density at radius 3 is 2.88 bits per heavy atom. The average Bonchev–Trinajstić information content (AvgIpc) is 3.54. The molecule has 5 rings (SSSR count). The number of aromatic amines is 1. The third-order valence-electron chi connectivity index (χ3n) is 5.17. The topological polar surface area (TPSA) is 136 Å². The molecule has 11 heteroatoms. The molecule has 1 aromatic carbocycles. The van der Waals surface area contributed by atoms with E-state index < -0.39 is 10.8 Å². The molecule has 10 nitrogen and oxygen atoms in total. The molecule has 0 spiro atoms. The van der Waals surface area contributed by atoms with Crippen LogP contribution in [0, 0.1) is 10.1 Å². The second-order valence-electron chi connectivity index (χ2n) is 7.23. The number of nitrogens with one attached hydrogen (secondary N) is 2. The molecule has 0 aliphatic heterocycles. The first kappa shape index (κ1) is 19.8. The van der Waals surface area contributed by atoms with Crippen molar-refractivity contribution in [1.29, 1.82) is 0 Å². The van der Waals surface area contributed by atoms with Gasteiger partial charge >= 0.3 is 0 Å². The highest BCUT2D eigenvalue weighted by Crippen LogP contribution is 2.28. The van der Waals surface area contributed by atoms with Gasteiger partial charge in [-0.05, 0) is 36.8 Å². The van der Waals surface area contributed by atoms with Gasteiger partial charge in [0, 0.05) is 29.3 Å². The summed E-state index contributed by atoms with van der Waals surface area (Å²) in [6, 6.07) is 10.9.